The van der Waals surface area contributed by atoms with Gasteiger partial charge < -0.3 is 15.1 Å². The predicted octanol–water partition coefficient (Wildman–Crippen LogP) is 2.13. The molecule has 6 nitrogen and oxygen atoms in total. The molecule has 2 N–H and O–H groups in total. The van der Waals surface area contributed by atoms with Gasteiger partial charge in [0.1, 0.15) is 0 Å². The highest BCUT2D eigenvalue weighted by Crippen LogP contribution is 2.32. The van der Waals surface area contributed by atoms with Crippen LogP contribution in [0.4, 0.5) is 5.69 Å². The standard InChI is InChI=1S/C20H25N5OS/c26-18-14-22-20(25(18)15-16-5-2-1-3-6-16)8-11-24(12-9-20)19(27)23-17-7-4-10-21-13-17/h1-5,7,10,13,16,22H,6,8-9,11-12,14-15H2,(H,23,27). The van der Waals surface area contributed by atoms with E-state index in [9.17, 15) is 4.79 Å². The molecule has 2 saturated heterocycles. The molecule has 0 radical (unpaired) electrons. The van der Waals surface area contributed by atoms with Crippen molar-refractivity contribution < 1.29 is 4.79 Å². The van der Waals surface area contributed by atoms with E-state index < -0.39 is 0 Å². The van der Waals surface area contributed by atoms with Gasteiger partial charge in [-0.3, -0.25) is 15.1 Å². The third-order valence-electron chi connectivity index (χ3n) is 5.66. The second kappa shape index (κ2) is 7.78. The van der Waals surface area contributed by atoms with Crippen LogP contribution < -0.4 is 10.6 Å². The first kappa shape index (κ1) is 18.1. The number of anilines is 1. The Bertz CT molecular complexity index is 755. The molecule has 2 fully saturated rings. The van der Waals surface area contributed by atoms with Crippen molar-refractivity contribution in [3.63, 3.8) is 0 Å². The number of amides is 1. The summed E-state index contributed by atoms with van der Waals surface area (Å²) in [4.78, 5) is 20.9. The number of likely N-dealkylation sites (tertiary alicyclic amines) is 1. The summed E-state index contributed by atoms with van der Waals surface area (Å²) in [5.41, 5.74) is 0.669. The van der Waals surface area contributed by atoms with E-state index in [1.807, 2.05) is 12.1 Å². The quantitative estimate of drug-likeness (QED) is 0.780. The van der Waals surface area contributed by atoms with Crippen molar-refractivity contribution in [2.45, 2.75) is 24.9 Å². The van der Waals surface area contributed by atoms with Gasteiger partial charge in [0.15, 0.2) is 5.11 Å². The van der Waals surface area contributed by atoms with Crippen LogP contribution in [0.1, 0.15) is 19.3 Å². The van der Waals surface area contributed by atoms with E-state index in [-0.39, 0.29) is 11.6 Å². The molecule has 7 heteroatoms. The van der Waals surface area contributed by atoms with Crippen molar-refractivity contribution in [2.24, 2.45) is 5.92 Å². The molecule has 1 aromatic rings. The molecule has 3 aliphatic rings. The molecule has 1 aliphatic carbocycles. The fourth-order valence-corrected chi connectivity index (χ4v) is 4.41. The Morgan fingerprint density at radius 2 is 2.22 bits per heavy atom. The van der Waals surface area contributed by atoms with Gasteiger partial charge >= 0.3 is 0 Å². The average molecular weight is 384 g/mol. The van der Waals surface area contributed by atoms with Crippen LogP contribution in [0.25, 0.3) is 0 Å². The van der Waals surface area contributed by atoms with Crippen LogP contribution in [-0.4, -0.2) is 57.6 Å². The van der Waals surface area contributed by atoms with Gasteiger partial charge in [0, 0.05) is 38.7 Å². The molecule has 27 heavy (non-hydrogen) atoms. The Morgan fingerprint density at radius 1 is 1.37 bits per heavy atom. The summed E-state index contributed by atoms with van der Waals surface area (Å²) < 4.78 is 0. The molecule has 4 rings (SSSR count). The molecule has 1 atom stereocenters. The highest BCUT2D eigenvalue weighted by Gasteiger charge is 2.47. The Hall–Kier alpha value is -2.25. The van der Waals surface area contributed by atoms with Crippen molar-refractivity contribution in [1.82, 2.24) is 20.1 Å². The van der Waals surface area contributed by atoms with E-state index in [0.29, 0.717) is 17.6 Å². The summed E-state index contributed by atoms with van der Waals surface area (Å²) in [5.74, 6) is 0.615. The number of carbonyl (C=O) groups excluding carboxylic acids is 1. The molecule has 142 valence electrons. The maximum Gasteiger partial charge on any atom is 0.238 e. The van der Waals surface area contributed by atoms with E-state index in [1.54, 1.807) is 12.4 Å². The van der Waals surface area contributed by atoms with Crippen LogP contribution in [0.3, 0.4) is 0 Å². The first-order valence-electron chi connectivity index (χ1n) is 9.51. The van der Waals surface area contributed by atoms with E-state index >= 15 is 0 Å². The number of aromatic nitrogens is 1. The molecule has 0 aromatic carbocycles. The number of piperidine rings is 1. The molecule has 1 unspecified atom stereocenters. The maximum absolute atomic E-state index is 12.5. The van der Waals surface area contributed by atoms with Gasteiger partial charge in [-0.2, -0.15) is 0 Å². The topological polar surface area (TPSA) is 60.5 Å². The first-order chi connectivity index (χ1) is 13.2. The van der Waals surface area contributed by atoms with Crippen LogP contribution >= 0.6 is 12.2 Å². The first-order valence-corrected chi connectivity index (χ1v) is 9.92. The minimum atomic E-state index is -0.230. The molecule has 0 saturated carbocycles. The summed E-state index contributed by atoms with van der Waals surface area (Å²) in [6, 6.07) is 3.84. The normalized spacial score (nSPS) is 23.9. The highest BCUT2D eigenvalue weighted by atomic mass is 32.1. The molecular weight excluding hydrogens is 358 g/mol. The lowest BCUT2D eigenvalue weighted by Crippen LogP contribution is -2.60. The zero-order valence-electron chi connectivity index (χ0n) is 15.3. The van der Waals surface area contributed by atoms with Gasteiger partial charge in [0.25, 0.3) is 0 Å². The van der Waals surface area contributed by atoms with E-state index in [4.69, 9.17) is 12.2 Å². The van der Waals surface area contributed by atoms with Gasteiger partial charge in [-0.1, -0.05) is 24.3 Å². The van der Waals surface area contributed by atoms with Crippen LogP contribution in [0.2, 0.25) is 0 Å². The average Bonchev–Trinajstić information content (AvgIpc) is 3.00. The lowest BCUT2D eigenvalue weighted by Gasteiger charge is -2.46. The number of hydrogen-bond acceptors (Lipinski definition) is 4. The lowest BCUT2D eigenvalue weighted by atomic mass is 9.93. The zero-order valence-corrected chi connectivity index (χ0v) is 16.1. The van der Waals surface area contributed by atoms with Gasteiger partial charge in [-0.25, -0.2) is 0 Å². The Labute approximate surface area is 165 Å². The van der Waals surface area contributed by atoms with Crippen LogP contribution in [-0.2, 0) is 4.79 Å². The van der Waals surface area contributed by atoms with E-state index in [1.165, 1.54) is 0 Å². The highest BCUT2D eigenvalue weighted by molar-refractivity contribution is 7.80. The molecule has 1 amide bonds. The summed E-state index contributed by atoms with van der Waals surface area (Å²) in [7, 11) is 0. The maximum atomic E-state index is 12.5. The monoisotopic (exact) mass is 383 g/mol. The van der Waals surface area contributed by atoms with Crippen LogP contribution in [0, 0.1) is 5.92 Å². The molecular formula is C20H25N5OS. The molecule has 3 heterocycles. The summed E-state index contributed by atoms with van der Waals surface area (Å²) in [6.07, 6.45) is 14.8. The number of rotatable bonds is 3. The molecule has 0 bridgehead atoms. The van der Waals surface area contributed by atoms with Crippen molar-refractivity contribution in [3.05, 3.63) is 48.8 Å². The molecule has 2 aliphatic heterocycles. The number of allylic oxidation sites excluding steroid dienone is 3. The Morgan fingerprint density at radius 3 is 2.93 bits per heavy atom. The van der Waals surface area contributed by atoms with Crippen molar-refractivity contribution >= 4 is 28.9 Å². The summed E-state index contributed by atoms with van der Waals surface area (Å²) in [5, 5.41) is 7.47. The van der Waals surface area contributed by atoms with Crippen molar-refractivity contribution in [2.75, 3.05) is 31.5 Å². The van der Waals surface area contributed by atoms with Gasteiger partial charge in [0.05, 0.1) is 24.1 Å². The second-order valence-corrected chi connectivity index (χ2v) is 7.74. The minimum Gasteiger partial charge on any atom is -0.349 e. The number of carbonyl (C=O) groups is 1. The SMILES string of the molecule is O=C1CNC2(CCN(C(=S)Nc3cccnc3)CC2)N1CC1C=CC=CC1. The largest absolute Gasteiger partial charge is 0.349 e. The summed E-state index contributed by atoms with van der Waals surface area (Å²) in [6.45, 7) is 2.86. The van der Waals surface area contributed by atoms with E-state index in [0.717, 1.165) is 44.6 Å². The van der Waals surface area contributed by atoms with Gasteiger partial charge in [0.2, 0.25) is 5.91 Å². The smallest absolute Gasteiger partial charge is 0.238 e. The van der Waals surface area contributed by atoms with Gasteiger partial charge in [-0.05, 0) is 36.7 Å². The number of pyridine rings is 1. The van der Waals surface area contributed by atoms with Crippen LogP contribution in [0.15, 0.2) is 48.8 Å². The minimum absolute atomic E-state index is 0.211. The number of thiocarbonyl (C=S) groups is 1. The molecule has 1 spiro atoms. The summed E-state index contributed by atoms with van der Waals surface area (Å²) >= 11 is 5.57. The number of nitrogens with one attached hydrogen (secondary N) is 2. The predicted molar refractivity (Wildman–Crippen MR) is 110 cm³/mol. The lowest BCUT2D eigenvalue weighted by molar-refractivity contribution is -0.132. The van der Waals surface area contributed by atoms with Crippen molar-refractivity contribution in [3.8, 4) is 0 Å². The van der Waals surface area contributed by atoms with Crippen LogP contribution in [0.5, 0.6) is 0 Å². The number of hydrogen-bond donors (Lipinski definition) is 2. The fraction of sp³-hybridized carbons (Fsp3) is 0.450. The van der Waals surface area contributed by atoms with E-state index in [2.05, 4.69) is 49.7 Å². The Balaban J connectivity index is 1.37. The zero-order chi connectivity index (χ0) is 18.7. The number of nitrogens with zero attached hydrogens (tertiary/aromatic N) is 3. The van der Waals surface area contributed by atoms with Crippen molar-refractivity contribution in [1.29, 1.82) is 0 Å². The fourth-order valence-electron chi connectivity index (χ4n) is 4.11. The third kappa shape index (κ3) is 3.89. The third-order valence-corrected chi connectivity index (χ3v) is 6.02. The molecule has 1 aromatic heterocycles. The van der Waals surface area contributed by atoms with Gasteiger partial charge in [-0.15, -0.1) is 0 Å². The second-order valence-electron chi connectivity index (χ2n) is 7.36. The Kier molecular flexibility index (Phi) is 5.22.